The Morgan fingerprint density at radius 3 is 2.52 bits per heavy atom. The lowest BCUT2D eigenvalue weighted by Gasteiger charge is -2.34. The largest absolute Gasteiger partial charge is 0.339 e. The van der Waals surface area contributed by atoms with Gasteiger partial charge in [0.1, 0.15) is 0 Å². The minimum absolute atomic E-state index is 0.193. The number of halogens is 1. The Kier molecular flexibility index (Phi) is 4.50. The van der Waals surface area contributed by atoms with E-state index in [9.17, 15) is 4.79 Å². The molecule has 21 heavy (non-hydrogen) atoms. The summed E-state index contributed by atoms with van der Waals surface area (Å²) in [5.74, 6) is 0.935. The number of carbonyl (C=O) groups is 1. The highest BCUT2D eigenvalue weighted by Gasteiger charge is 2.22. The Morgan fingerprint density at radius 2 is 1.90 bits per heavy atom. The molecule has 0 saturated carbocycles. The van der Waals surface area contributed by atoms with Gasteiger partial charge in [-0.15, -0.1) is 11.3 Å². The third kappa shape index (κ3) is 3.59. The summed E-state index contributed by atoms with van der Waals surface area (Å²) in [5.41, 5.74) is 0. The second kappa shape index (κ2) is 6.53. The van der Waals surface area contributed by atoms with Gasteiger partial charge in [-0.25, -0.2) is 9.97 Å². The highest BCUT2D eigenvalue weighted by atomic mass is 79.9. The van der Waals surface area contributed by atoms with E-state index in [0.717, 1.165) is 40.8 Å². The van der Waals surface area contributed by atoms with Crippen molar-refractivity contribution >= 4 is 39.1 Å². The highest BCUT2D eigenvalue weighted by molar-refractivity contribution is 9.11. The SMILES string of the molecule is O=C(Cc1ccc(Br)s1)N1CCN(c2ncccn2)CC1. The van der Waals surface area contributed by atoms with Gasteiger partial charge in [0.25, 0.3) is 0 Å². The van der Waals surface area contributed by atoms with E-state index in [0.29, 0.717) is 6.42 Å². The Labute approximate surface area is 135 Å². The van der Waals surface area contributed by atoms with Gasteiger partial charge in [0.15, 0.2) is 0 Å². The average Bonchev–Trinajstić information content (AvgIpc) is 2.93. The Hall–Kier alpha value is -1.47. The zero-order chi connectivity index (χ0) is 14.7. The number of aromatic nitrogens is 2. The maximum Gasteiger partial charge on any atom is 0.227 e. The van der Waals surface area contributed by atoms with Crippen LogP contribution in [0.4, 0.5) is 5.95 Å². The van der Waals surface area contributed by atoms with E-state index in [1.807, 2.05) is 23.1 Å². The first-order valence-electron chi connectivity index (χ1n) is 6.76. The topological polar surface area (TPSA) is 49.3 Å². The fraction of sp³-hybridized carbons (Fsp3) is 0.357. The number of hydrogen-bond acceptors (Lipinski definition) is 5. The lowest BCUT2D eigenvalue weighted by Crippen LogP contribution is -2.49. The zero-order valence-electron chi connectivity index (χ0n) is 11.4. The molecule has 1 saturated heterocycles. The van der Waals surface area contributed by atoms with Gasteiger partial charge >= 0.3 is 0 Å². The highest BCUT2D eigenvalue weighted by Crippen LogP contribution is 2.23. The first-order valence-corrected chi connectivity index (χ1v) is 8.37. The Balaban J connectivity index is 1.54. The van der Waals surface area contributed by atoms with Crippen LogP contribution in [0, 0.1) is 0 Å². The second-order valence-corrected chi connectivity index (χ2v) is 7.35. The van der Waals surface area contributed by atoms with Crippen molar-refractivity contribution in [3.8, 4) is 0 Å². The molecule has 1 aliphatic rings. The number of carbonyl (C=O) groups excluding carboxylic acids is 1. The summed E-state index contributed by atoms with van der Waals surface area (Å²) in [7, 11) is 0. The molecule has 1 fully saturated rings. The maximum absolute atomic E-state index is 12.3. The van der Waals surface area contributed by atoms with Crippen LogP contribution in [0.15, 0.2) is 34.4 Å². The monoisotopic (exact) mass is 366 g/mol. The van der Waals surface area contributed by atoms with E-state index >= 15 is 0 Å². The molecule has 2 aromatic heterocycles. The molecule has 1 amide bonds. The lowest BCUT2D eigenvalue weighted by molar-refractivity contribution is -0.130. The van der Waals surface area contributed by atoms with Gasteiger partial charge in [-0.2, -0.15) is 0 Å². The van der Waals surface area contributed by atoms with Gasteiger partial charge in [-0.3, -0.25) is 4.79 Å². The molecule has 0 aliphatic carbocycles. The van der Waals surface area contributed by atoms with Crippen LogP contribution in [0.3, 0.4) is 0 Å². The second-order valence-electron chi connectivity index (χ2n) is 4.80. The Bertz CT molecular complexity index is 610. The van der Waals surface area contributed by atoms with Gasteiger partial charge in [0.05, 0.1) is 10.2 Å². The van der Waals surface area contributed by atoms with Crippen LogP contribution in [-0.2, 0) is 11.2 Å². The van der Waals surface area contributed by atoms with Crippen LogP contribution in [-0.4, -0.2) is 47.0 Å². The van der Waals surface area contributed by atoms with Crippen LogP contribution in [0.1, 0.15) is 4.88 Å². The molecule has 0 radical (unpaired) electrons. The number of amides is 1. The molecular weight excluding hydrogens is 352 g/mol. The molecular formula is C14H15BrN4OS. The first-order chi connectivity index (χ1) is 10.2. The van der Waals surface area contributed by atoms with E-state index in [1.54, 1.807) is 23.7 Å². The summed E-state index contributed by atoms with van der Waals surface area (Å²) in [6.07, 6.45) is 3.97. The molecule has 0 bridgehead atoms. The third-order valence-electron chi connectivity index (χ3n) is 3.42. The lowest BCUT2D eigenvalue weighted by atomic mass is 10.2. The standard InChI is InChI=1S/C14H15BrN4OS/c15-12-3-2-11(21-12)10-13(20)18-6-8-19(9-7-18)14-16-4-1-5-17-14/h1-5H,6-10H2. The molecule has 0 unspecified atom stereocenters. The molecule has 0 aromatic carbocycles. The molecule has 7 heteroatoms. The summed E-state index contributed by atoms with van der Waals surface area (Å²) in [6.45, 7) is 3.01. The van der Waals surface area contributed by atoms with Crippen LogP contribution >= 0.6 is 27.3 Å². The van der Waals surface area contributed by atoms with Gasteiger partial charge in [-0.05, 0) is 34.1 Å². The minimum atomic E-state index is 0.193. The molecule has 0 atom stereocenters. The van der Waals surface area contributed by atoms with E-state index in [2.05, 4.69) is 30.8 Å². The predicted octanol–water partition coefficient (Wildman–Crippen LogP) is 2.19. The molecule has 2 aromatic rings. The summed E-state index contributed by atoms with van der Waals surface area (Å²) in [4.78, 5) is 25.9. The van der Waals surface area contributed by atoms with E-state index in [4.69, 9.17) is 0 Å². The summed E-state index contributed by atoms with van der Waals surface area (Å²) >= 11 is 5.04. The predicted molar refractivity (Wildman–Crippen MR) is 86.5 cm³/mol. The molecule has 3 rings (SSSR count). The van der Waals surface area contributed by atoms with Crippen LogP contribution < -0.4 is 4.90 Å². The molecule has 3 heterocycles. The zero-order valence-corrected chi connectivity index (χ0v) is 13.8. The number of hydrogen-bond donors (Lipinski definition) is 0. The Morgan fingerprint density at radius 1 is 1.19 bits per heavy atom. The van der Waals surface area contributed by atoms with Crippen molar-refractivity contribution in [1.82, 2.24) is 14.9 Å². The van der Waals surface area contributed by atoms with Crippen LogP contribution in [0.25, 0.3) is 0 Å². The number of nitrogens with zero attached hydrogens (tertiary/aromatic N) is 4. The van der Waals surface area contributed by atoms with Crippen molar-refractivity contribution in [2.24, 2.45) is 0 Å². The van der Waals surface area contributed by atoms with Gasteiger partial charge in [0, 0.05) is 43.4 Å². The van der Waals surface area contributed by atoms with Crippen LogP contribution in [0.2, 0.25) is 0 Å². The number of thiophene rings is 1. The molecule has 5 nitrogen and oxygen atoms in total. The van der Waals surface area contributed by atoms with Gasteiger partial charge in [0.2, 0.25) is 11.9 Å². The van der Waals surface area contributed by atoms with Gasteiger partial charge in [-0.1, -0.05) is 0 Å². The van der Waals surface area contributed by atoms with Gasteiger partial charge < -0.3 is 9.80 Å². The molecule has 0 spiro atoms. The summed E-state index contributed by atoms with van der Waals surface area (Å²) < 4.78 is 1.07. The fourth-order valence-corrected chi connectivity index (χ4v) is 3.79. The van der Waals surface area contributed by atoms with E-state index < -0.39 is 0 Å². The van der Waals surface area contributed by atoms with Crippen molar-refractivity contribution in [2.45, 2.75) is 6.42 Å². The average molecular weight is 367 g/mol. The maximum atomic E-state index is 12.3. The summed E-state index contributed by atoms with van der Waals surface area (Å²) in [6, 6.07) is 5.79. The summed E-state index contributed by atoms with van der Waals surface area (Å²) in [5, 5.41) is 0. The fourth-order valence-electron chi connectivity index (χ4n) is 2.32. The minimum Gasteiger partial charge on any atom is -0.339 e. The smallest absolute Gasteiger partial charge is 0.227 e. The number of piperazine rings is 1. The molecule has 110 valence electrons. The van der Waals surface area contributed by atoms with Crippen molar-refractivity contribution in [3.63, 3.8) is 0 Å². The van der Waals surface area contributed by atoms with Crippen LogP contribution in [0.5, 0.6) is 0 Å². The quantitative estimate of drug-likeness (QED) is 0.835. The van der Waals surface area contributed by atoms with Crippen molar-refractivity contribution in [1.29, 1.82) is 0 Å². The first kappa shape index (κ1) is 14.5. The van der Waals surface area contributed by atoms with Crippen molar-refractivity contribution < 1.29 is 4.79 Å². The molecule has 0 N–H and O–H groups in total. The van der Waals surface area contributed by atoms with E-state index in [1.165, 1.54) is 0 Å². The number of rotatable bonds is 3. The normalized spacial score (nSPS) is 15.3. The van der Waals surface area contributed by atoms with E-state index in [-0.39, 0.29) is 5.91 Å². The van der Waals surface area contributed by atoms with Crippen molar-refractivity contribution in [2.75, 3.05) is 31.1 Å². The third-order valence-corrected chi connectivity index (χ3v) is 5.05. The van der Waals surface area contributed by atoms with Crippen molar-refractivity contribution in [3.05, 3.63) is 39.3 Å². The number of anilines is 1. The molecule has 1 aliphatic heterocycles.